The third-order valence-electron chi connectivity index (χ3n) is 5.71. The summed E-state index contributed by atoms with van der Waals surface area (Å²) >= 11 is 0. The van der Waals surface area contributed by atoms with Crippen molar-refractivity contribution in [3.63, 3.8) is 0 Å². The summed E-state index contributed by atoms with van der Waals surface area (Å²) < 4.78 is 79.6. The molecule has 0 bridgehead atoms. The number of carbonyl (C=O) groups is 2. The summed E-state index contributed by atoms with van der Waals surface area (Å²) in [6.07, 6.45) is -4.36. The number of nitrogens with zero attached hydrogens (tertiary/aromatic N) is 2. The highest BCUT2D eigenvalue weighted by Gasteiger charge is 2.38. The number of rotatable bonds is 3. The molecule has 33 heavy (non-hydrogen) atoms. The lowest BCUT2D eigenvalue weighted by molar-refractivity contribution is -0.137. The van der Waals surface area contributed by atoms with Crippen LogP contribution in [0, 0.1) is 11.7 Å². The van der Waals surface area contributed by atoms with E-state index in [4.69, 9.17) is 0 Å². The number of halogens is 4. The van der Waals surface area contributed by atoms with Crippen LogP contribution in [0.1, 0.15) is 18.4 Å². The normalized spacial score (nSPS) is 18.1. The van der Waals surface area contributed by atoms with Crippen LogP contribution in [0.15, 0.2) is 47.4 Å². The molecule has 0 unspecified atom stereocenters. The molecule has 2 aliphatic rings. The number of benzene rings is 2. The molecule has 0 saturated carbocycles. The summed E-state index contributed by atoms with van der Waals surface area (Å²) in [6.45, 7) is -0.426. The standard InChI is InChI=1S/C21H19F4N3O4S/c22-15-3-1-2-4-18(15)33(31,32)27-9-7-13(8-10-27)20(30)28-12-19(29)26-16-11-14(21(23,24)25)5-6-17(16)28/h1-6,11,13H,7-10,12H2,(H,26,29). The zero-order valence-electron chi connectivity index (χ0n) is 17.1. The van der Waals surface area contributed by atoms with Crippen LogP contribution in [0.25, 0.3) is 0 Å². The summed E-state index contributed by atoms with van der Waals surface area (Å²) in [4.78, 5) is 25.8. The first-order chi connectivity index (χ1) is 15.5. The summed E-state index contributed by atoms with van der Waals surface area (Å²) in [5, 5.41) is 2.35. The first-order valence-electron chi connectivity index (χ1n) is 10.1. The van der Waals surface area contributed by atoms with Gasteiger partial charge in [0.05, 0.1) is 16.9 Å². The fourth-order valence-electron chi connectivity index (χ4n) is 4.02. The number of hydrogen-bond acceptors (Lipinski definition) is 4. The fourth-order valence-corrected chi connectivity index (χ4v) is 5.55. The molecule has 0 aromatic heterocycles. The third-order valence-corrected chi connectivity index (χ3v) is 7.65. The van der Waals surface area contributed by atoms with Crippen molar-refractivity contribution >= 4 is 33.2 Å². The maximum absolute atomic E-state index is 14.0. The molecule has 2 aromatic carbocycles. The van der Waals surface area contributed by atoms with Crippen LogP contribution in [-0.2, 0) is 25.8 Å². The number of anilines is 2. The number of hydrogen-bond donors (Lipinski definition) is 1. The Balaban J connectivity index is 1.51. The number of fused-ring (bicyclic) bond motifs is 1. The lowest BCUT2D eigenvalue weighted by Crippen LogP contribution is -2.48. The SMILES string of the molecule is O=C1CN(C(=O)C2CCN(S(=O)(=O)c3ccccc3F)CC2)c2ccc(C(F)(F)F)cc2N1. The minimum Gasteiger partial charge on any atom is -0.323 e. The van der Waals surface area contributed by atoms with E-state index >= 15 is 0 Å². The minimum atomic E-state index is -4.61. The molecule has 0 radical (unpaired) electrons. The first kappa shape index (κ1) is 23.2. The molecule has 1 N–H and O–H groups in total. The Kier molecular flexibility index (Phi) is 5.91. The highest BCUT2D eigenvalue weighted by Crippen LogP contribution is 2.38. The molecule has 0 atom stereocenters. The van der Waals surface area contributed by atoms with Crippen molar-refractivity contribution in [1.82, 2.24) is 4.31 Å². The van der Waals surface area contributed by atoms with Gasteiger partial charge in [-0.3, -0.25) is 9.59 Å². The predicted molar refractivity (Wildman–Crippen MR) is 110 cm³/mol. The van der Waals surface area contributed by atoms with Crippen LogP contribution in [0.4, 0.5) is 28.9 Å². The molecule has 0 aliphatic carbocycles. The largest absolute Gasteiger partial charge is 0.416 e. The van der Waals surface area contributed by atoms with E-state index in [2.05, 4.69) is 5.32 Å². The smallest absolute Gasteiger partial charge is 0.323 e. The van der Waals surface area contributed by atoms with Gasteiger partial charge in [-0.2, -0.15) is 17.5 Å². The van der Waals surface area contributed by atoms with Crippen molar-refractivity contribution in [3.05, 3.63) is 53.8 Å². The second-order valence-electron chi connectivity index (χ2n) is 7.81. The van der Waals surface area contributed by atoms with Crippen molar-refractivity contribution in [2.75, 3.05) is 29.9 Å². The molecular weight excluding hydrogens is 466 g/mol. The zero-order valence-corrected chi connectivity index (χ0v) is 17.9. The average molecular weight is 485 g/mol. The Morgan fingerprint density at radius 1 is 1.06 bits per heavy atom. The first-order valence-corrected chi connectivity index (χ1v) is 11.5. The fraction of sp³-hybridized carbons (Fsp3) is 0.333. The predicted octanol–water partition coefficient (Wildman–Crippen LogP) is 3.23. The topological polar surface area (TPSA) is 86.8 Å². The maximum atomic E-state index is 14.0. The molecule has 0 spiro atoms. The van der Waals surface area contributed by atoms with Crippen molar-refractivity contribution in [2.45, 2.75) is 23.9 Å². The molecule has 2 amide bonds. The molecule has 4 rings (SSSR count). The Labute approximate surface area is 187 Å². The summed E-state index contributed by atoms with van der Waals surface area (Å²) in [5.41, 5.74) is -0.925. The lowest BCUT2D eigenvalue weighted by atomic mass is 9.95. The van der Waals surface area contributed by atoms with Crippen molar-refractivity contribution in [1.29, 1.82) is 0 Å². The van der Waals surface area contributed by atoms with E-state index in [9.17, 15) is 35.6 Å². The van der Waals surface area contributed by atoms with Crippen molar-refractivity contribution in [2.24, 2.45) is 5.92 Å². The number of carbonyl (C=O) groups excluding carboxylic acids is 2. The van der Waals surface area contributed by atoms with Gasteiger partial charge >= 0.3 is 6.18 Å². The number of nitrogens with one attached hydrogen (secondary N) is 1. The van der Waals surface area contributed by atoms with Crippen LogP contribution in [0.3, 0.4) is 0 Å². The van der Waals surface area contributed by atoms with Gasteiger partial charge in [-0.1, -0.05) is 12.1 Å². The van der Waals surface area contributed by atoms with Gasteiger partial charge in [0.25, 0.3) is 0 Å². The molecule has 12 heteroatoms. The number of sulfonamides is 1. The van der Waals surface area contributed by atoms with Crippen LogP contribution in [-0.4, -0.2) is 44.2 Å². The number of piperidine rings is 1. The molecule has 1 saturated heterocycles. The Morgan fingerprint density at radius 2 is 1.73 bits per heavy atom. The van der Waals surface area contributed by atoms with E-state index in [0.717, 1.165) is 33.5 Å². The second kappa shape index (κ2) is 8.41. The van der Waals surface area contributed by atoms with Crippen LogP contribution < -0.4 is 10.2 Å². The van der Waals surface area contributed by atoms with Gasteiger partial charge in [0.1, 0.15) is 17.3 Å². The molecule has 1 fully saturated rings. The van der Waals surface area contributed by atoms with E-state index in [0.29, 0.717) is 0 Å². The Morgan fingerprint density at radius 3 is 2.36 bits per heavy atom. The molecule has 176 valence electrons. The van der Waals surface area contributed by atoms with Gasteiger partial charge in [-0.05, 0) is 43.2 Å². The van der Waals surface area contributed by atoms with E-state index < -0.39 is 50.2 Å². The molecular formula is C21H19F4N3O4S. The molecule has 7 nitrogen and oxygen atoms in total. The Hall–Kier alpha value is -2.99. The lowest BCUT2D eigenvalue weighted by Gasteiger charge is -2.35. The van der Waals surface area contributed by atoms with E-state index in [1.54, 1.807) is 0 Å². The number of amides is 2. The number of alkyl halides is 3. The van der Waals surface area contributed by atoms with E-state index in [1.165, 1.54) is 18.2 Å². The maximum Gasteiger partial charge on any atom is 0.416 e. The molecule has 2 heterocycles. The van der Waals surface area contributed by atoms with Gasteiger partial charge in [-0.15, -0.1) is 0 Å². The zero-order chi connectivity index (χ0) is 24.0. The summed E-state index contributed by atoms with van der Waals surface area (Å²) in [6, 6.07) is 7.75. The van der Waals surface area contributed by atoms with Crippen LogP contribution in [0.2, 0.25) is 0 Å². The molecule has 2 aromatic rings. The second-order valence-corrected chi connectivity index (χ2v) is 9.72. The van der Waals surface area contributed by atoms with Gasteiger partial charge in [0.2, 0.25) is 21.8 Å². The Bertz CT molecular complexity index is 1210. The highest BCUT2D eigenvalue weighted by atomic mass is 32.2. The van der Waals surface area contributed by atoms with Gasteiger partial charge in [0, 0.05) is 19.0 Å². The average Bonchev–Trinajstić information content (AvgIpc) is 2.77. The van der Waals surface area contributed by atoms with E-state index in [1.807, 2.05) is 0 Å². The monoisotopic (exact) mass is 485 g/mol. The minimum absolute atomic E-state index is 0.0347. The van der Waals surface area contributed by atoms with Crippen LogP contribution >= 0.6 is 0 Å². The van der Waals surface area contributed by atoms with Crippen molar-refractivity contribution < 1.29 is 35.6 Å². The van der Waals surface area contributed by atoms with Gasteiger partial charge < -0.3 is 10.2 Å². The highest BCUT2D eigenvalue weighted by molar-refractivity contribution is 7.89. The molecule has 2 aliphatic heterocycles. The summed E-state index contributed by atoms with van der Waals surface area (Å²) in [7, 11) is -4.08. The van der Waals surface area contributed by atoms with E-state index in [-0.39, 0.29) is 43.9 Å². The van der Waals surface area contributed by atoms with Crippen LogP contribution in [0.5, 0.6) is 0 Å². The van der Waals surface area contributed by atoms with Gasteiger partial charge in [0.15, 0.2) is 0 Å². The third kappa shape index (κ3) is 4.44. The van der Waals surface area contributed by atoms with Crippen molar-refractivity contribution in [3.8, 4) is 0 Å². The quantitative estimate of drug-likeness (QED) is 0.677. The summed E-state index contributed by atoms with van der Waals surface area (Å²) in [5.74, 6) is -2.62. The van der Waals surface area contributed by atoms with Gasteiger partial charge in [-0.25, -0.2) is 12.8 Å².